The number of hydrogen-bond acceptors (Lipinski definition) is 4. The second kappa shape index (κ2) is 10.2. The Morgan fingerprint density at radius 2 is 1.69 bits per heavy atom. The van der Waals surface area contributed by atoms with E-state index >= 15 is 0 Å². The first kappa shape index (κ1) is 23.3. The van der Waals surface area contributed by atoms with Crippen LogP contribution in [0.1, 0.15) is 40.9 Å². The molecule has 2 aromatic carbocycles. The molecular weight excluding hydrogens is 402 g/mol. The minimum absolute atomic E-state index is 0. The van der Waals surface area contributed by atoms with Crippen molar-refractivity contribution in [1.29, 1.82) is 0 Å². The molecule has 0 saturated carbocycles. The van der Waals surface area contributed by atoms with E-state index < -0.39 is 0 Å². The number of fused-ring (bicyclic) bond motifs is 1. The second-order valence-corrected chi connectivity index (χ2v) is 8.20. The third-order valence-electron chi connectivity index (χ3n) is 5.19. The van der Waals surface area contributed by atoms with Crippen LogP contribution in [0, 0.1) is 20.8 Å². The molecule has 6 heteroatoms. The predicted octanol–water partition coefficient (Wildman–Crippen LogP) is 5.63. The van der Waals surface area contributed by atoms with Gasteiger partial charge in [-0.3, -0.25) is 9.69 Å². The summed E-state index contributed by atoms with van der Waals surface area (Å²) in [5, 5.41) is 0.782. The summed E-state index contributed by atoms with van der Waals surface area (Å²) in [5.74, 6) is 0.0266. The Morgan fingerprint density at radius 3 is 2.34 bits per heavy atom. The number of likely N-dealkylation sites (N-methyl/N-ethyl adjacent to an activating group) is 1. The minimum atomic E-state index is 0. The normalized spacial score (nSPS) is 11.0. The molecule has 29 heavy (non-hydrogen) atoms. The number of nitrogens with zero attached hydrogens (tertiary/aromatic N) is 3. The van der Waals surface area contributed by atoms with E-state index in [1.54, 1.807) is 11.3 Å². The maximum Gasteiger partial charge on any atom is 0.260 e. The van der Waals surface area contributed by atoms with Crippen molar-refractivity contribution < 1.29 is 4.79 Å². The smallest absolute Gasteiger partial charge is 0.260 e. The Labute approximate surface area is 184 Å². The van der Waals surface area contributed by atoms with Gasteiger partial charge in [0, 0.05) is 18.7 Å². The quantitative estimate of drug-likeness (QED) is 0.486. The number of halogens is 1. The highest BCUT2D eigenvalue weighted by molar-refractivity contribution is 7.22. The van der Waals surface area contributed by atoms with Gasteiger partial charge < -0.3 is 4.90 Å². The maximum absolute atomic E-state index is 13.5. The zero-order chi connectivity index (χ0) is 20.3. The zero-order valence-electron chi connectivity index (χ0n) is 17.9. The first-order valence-electron chi connectivity index (χ1n) is 9.92. The van der Waals surface area contributed by atoms with Crippen LogP contribution >= 0.6 is 23.7 Å². The number of thiazole rings is 1. The highest BCUT2D eigenvalue weighted by atomic mass is 35.5. The SMILES string of the molecule is CCN(CC)CCN(C(=O)c1ccccc1C)c1nc2cc(C)cc(C)c2s1.Cl. The number of benzene rings is 2. The first-order chi connectivity index (χ1) is 13.4. The molecule has 3 aromatic rings. The number of aryl methyl sites for hydroxylation is 3. The molecular formula is C23H30ClN3OS. The summed E-state index contributed by atoms with van der Waals surface area (Å²) in [6, 6.07) is 12.1. The van der Waals surface area contributed by atoms with Crippen molar-refractivity contribution in [2.75, 3.05) is 31.1 Å². The topological polar surface area (TPSA) is 36.4 Å². The van der Waals surface area contributed by atoms with E-state index in [9.17, 15) is 4.79 Å². The summed E-state index contributed by atoms with van der Waals surface area (Å²) in [4.78, 5) is 22.5. The molecule has 1 amide bonds. The fourth-order valence-corrected chi connectivity index (χ4v) is 4.54. The highest BCUT2D eigenvalue weighted by Crippen LogP contribution is 2.33. The Balaban J connectivity index is 0.00000300. The van der Waals surface area contributed by atoms with Crippen molar-refractivity contribution in [3.8, 4) is 0 Å². The number of rotatable bonds is 7. The molecule has 0 radical (unpaired) electrons. The molecule has 156 valence electrons. The van der Waals surface area contributed by atoms with Crippen LogP contribution in [0.25, 0.3) is 10.2 Å². The van der Waals surface area contributed by atoms with Crippen molar-refractivity contribution in [2.24, 2.45) is 0 Å². The number of anilines is 1. The number of carbonyl (C=O) groups is 1. The van der Waals surface area contributed by atoms with Gasteiger partial charge in [0.2, 0.25) is 0 Å². The Morgan fingerprint density at radius 1 is 1.00 bits per heavy atom. The molecule has 0 spiro atoms. The van der Waals surface area contributed by atoms with E-state index in [-0.39, 0.29) is 18.3 Å². The van der Waals surface area contributed by atoms with Gasteiger partial charge in [0.25, 0.3) is 5.91 Å². The van der Waals surface area contributed by atoms with Crippen molar-refractivity contribution in [1.82, 2.24) is 9.88 Å². The molecule has 0 fully saturated rings. The lowest BCUT2D eigenvalue weighted by Gasteiger charge is -2.25. The van der Waals surface area contributed by atoms with Gasteiger partial charge in [-0.15, -0.1) is 12.4 Å². The van der Waals surface area contributed by atoms with E-state index in [1.807, 2.05) is 36.1 Å². The van der Waals surface area contributed by atoms with E-state index in [0.717, 1.165) is 46.1 Å². The van der Waals surface area contributed by atoms with Crippen LogP contribution in [0.2, 0.25) is 0 Å². The molecule has 3 rings (SSSR count). The van der Waals surface area contributed by atoms with Gasteiger partial charge in [0.05, 0.1) is 10.2 Å². The summed E-state index contributed by atoms with van der Waals surface area (Å²) < 4.78 is 1.16. The van der Waals surface area contributed by atoms with Crippen LogP contribution < -0.4 is 4.90 Å². The number of carbonyl (C=O) groups excluding carboxylic acids is 1. The van der Waals surface area contributed by atoms with Crippen molar-refractivity contribution >= 4 is 45.0 Å². The number of aromatic nitrogens is 1. The molecule has 0 bridgehead atoms. The lowest BCUT2D eigenvalue weighted by Crippen LogP contribution is -2.39. The Hall–Kier alpha value is -1.95. The lowest BCUT2D eigenvalue weighted by atomic mass is 10.1. The molecule has 4 nitrogen and oxygen atoms in total. The Bertz CT molecular complexity index is 981. The van der Waals surface area contributed by atoms with Gasteiger partial charge in [0.1, 0.15) is 0 Å². The van der Waals surface area contributed by atoms with Crippen LogP contribution in [-0.4, -0.2) is 42.0 Å². The van der Waals surface area contributed by atoms with Crippen molar-refractivity contribution in [3.63, 3.8) is 0 Å². The van der Waals surface area contributed by atoms with Crippen LogP contribution in [0.4, 0.5) is 5.13 Å². The Kier molecular flexibility index (Phi) is 8.20. The highest BCUT2D eigenvalue weighted by Gasteiger charge is 2.23. The van der Waals surface area contributed by atoms with Gasteiger partial charge in [-0.05, 0) is 62.7 Å². The minimum Gasteiger partial charge on any atom is -0.302 e. The van der Waals surface area contributed by atoms with Gasteiger partial charge in [0.15, 0.2) is 5.13 Å². The van der Waals surface area contributed by atoms with Crippen molar-refractivity contribution in [2.45, 2.75) is 34.6 Å². The molecule has 0 aliphatic rings. The second-order valence-electron chi connectivity index (χ2n) is 7.23. The van der Waals surface area contributed by atoms with E-state index in [0.29, 0.717) is 6.54 Å². The molecule has 0 aliphatic carbocycles. The van der Waals surface area contributed by atoms with Gasteiger partial charge in [-0.2, -0.15) is 0 Å². The van der Waals surface area contributed by atoms with Crippen LogP contribution in [0.3, 0.4) is 0 Å². The van der Waals surface area contributed by atoms with Crippen molar-refractivity contribution in [3.05, 3.63) is 58.7 Å². The lowest BCUT2D eigenvalue weighted by molar-refractivity contribution is 0.0983. The molecule has 0 aliphatic heterocycles. The largest absolute Gasteiger partial charge is 0.302 e. The van der Waals surface area contributed by atoms with E-state index in [1.165, 1.54) is 11.1 Å². The number of hydrogen-bond donors (Lipinski definition) is 0. The fraction of sp³-hybridized carbons (Fsp3) is 0.391. The predicted molar refractivity (Wildman–Crippen MR) is 127 cm³/mol. The third kappa shape index (κ3) is 5.16. The molecule has 0 N–H and O–H groups in total. The van der Waals surface area contributed by atoms with Crippen LogP contribution in [0.5, 0.6) is 0 Å². The summed E-state index contributed by atoms with van der Waals surface area (Å²) >= 11 is 1.61. The van der Waals surface area contributed by atoms with Gasteiger partial charge >= 0.3 is 0 Å². The molecule has 0 unspecified atom stereocenters. The number of amides is 1. The first-order valence-corrected chi connectivity index (χ1v) is 10.7. The summed E-state index contributed by atoms with van der Waals surface area (Å²) in [5.41, 5.74) is 5.12. The van der Waals surface area contributed by atoms with Crippen LogP contribution in [0.15, 0.2) is 36.4 Å². The zero-order valence-corrected chi connectivity index (χ0v) is 19.5. The third-order valence-corrected chi connectivity index (χ3v) is 6.42. The molecule has 1 aromatic heterocycles. The van der Waals surface area contributed by atoms with Crippen LogP contribution in [-0.2, 0) is 0 Å². The maximum atomic E-state index is 13.5. The molecule has 0 atom stereocenters. The summed E-state index contributed by atoms with van der Waals surface area (Å²) in [6.45, 7) is 13.9. The van der Waals surface area contributed by atoms with Gasteiger partial charge in [-0.25, -0.2) is 4.98 Å². The van der Waals surface area contributed by atoms with E-state index in [4.69, 9.17) is 4.98 Å². The summed E-state index contributed by atoms with van der Waals surface area (Å²) in [6.07, 6.45) is 0. The monoisotopic (exact) mass is 431 g/mol. The average Bonchev–Trinajstić information content (AvgIpc) is 3.09. The van der Waals surface area contributed by atoms with E-state index in [2.05, 4.69) is 44.7 Å². The average molecular weight is 432 g/mol. The standard InChI is InChI=1S/C23H29N3OS.ClH/c1-6-25(7-2)12-13-26(22(27)19-11-9-8-10-17(19)4)23-24-20-15-16(3)14-18(5)21(20)28-23;/h8-11,14-15H,6-7,12-13H2,1-5H3;1H. The molecule has 1 heterocycles. The fourth-order valence-electron chi connectivity index (χ4n) is 3.50. The van der Waals surface area contributed by atoms with Gasteiger partial charge in [-0.1, -0.05) is 49.4 Å². The molecule has 0 saturated heterocycles. The summed E-state index contributed by atoms with van der Waals surface area (Å²) in [7, 11) is 0.